The minimum Gasteiger partial charge on any atom is -0.507 e. The molecule has 2 rings (SSSR count). The quantitative estimate of drug-likeness (QED) is 0.887. The molecule has 1 aromatic carbocycles. The van der Waals surface area contributed by atoms with Gasteiger partial charge in [-0.15, -0.1) is 11.3 Å². The third-order valence-corrected chi connectivity index (χ3v) is 3.35. The molecule has 2 N–H and O–H groups in total. The number of hydrogen-bond acceptors (Lipinski definition) is 4. The molecule has 18 heavy (non-hydrogen) atoms. The normalized spacial score (nSPS) is 10.3. The first-order chi connectivity index (χ1) is 8.66. The first-order valence-corrected chi connectivity index (χ1v) is 6.51. The summed E-state index contributed by atoms with van der Waals surface area (Å²) in [5.41, 5.74) is 1.23. The van der Waals surface area contributed by atoms with Gasteiger partial charge in [0.25, 0.3) is 5.91 Å². The molecule has 1 aromatic heterocycles. The van der Waals surface area contributed by atoms with Crippen molar-refractivity contribution in [1.29, 1.82) is 0 Å². The molecule has 0 fully saturated rings. The molecule has 0 saturated heterocycles. The van der Waals surface area contributed by atoms with Crippen LogP contribution in [0.3, 0.4) is 0 Å². The fourth-order valence-corrected chi connectivity index (χ4v) is 2.21. The van der Waals surface area contributed by atoms with Crippen LogP contribution < -0.4 is 5.32 Å². The number of phenols is 1. The number of aryl methyl sites for hydroxylation is 1. The number of amides is 1. The number of carbonyl (C=O) groups is 1. The molecule has 0 atom stereocenters. The number of nitrogens with zero attached hydrogens (tertiary/aromatic N) is 1. The van der Waals surface area contributed by atoms with Crippen molar-refractivity contribution in [2.75, 3.05) is 6.54 Å². The number of rotatable bonds is 4. The Morgan fingerprint density at radius 2 is 2.33 bits per heavy atom. The Balaban J connectivity index is 1.91. The lowest BCUT2D eigenvalue weighted by atomic mass is 10.1. The van der Waals surface area contributed by atoms with Gasteiger partial charge < -0.3 is 10.4 Å². The molecule has 0 radical (unpaired) electrons. The van der Waals surface area contributed by atoms with Gasteiger partial charge in [-0.1, -0.05) is 6.07 Å². The highest BCUT2D eigenvalue weighted by molar-refractivity contribution is 7.09. The van der Waals surface area contributed by atoms with E-state index >= 15 is 0 Å². The standard InChI is InChI=1S/C13H14N2O2S/c1-9-2-3-10(11(16)8-9)13(17)15-5-4-12-14-6-7-18-12/h2-3,6-8,16H,4-5H2,1H3,(H,15,17). The van der Waals surface area contributed by atoms with E-state index in [1.165, 1.54) is 0 Å². The van der Waals surface area contributed by atoms with Crippen LogP contribution in [0.2, 0.25) is 0 Å². The molecule has 1 amide bonds. The molecule has 5 heteroatoms. The zero-order valence-electron chi connectivity index (χ0n) is 10.0. The maximum Gasteiger partial charge on any atom is 0.255 e. The molecule has 1 heterocycles. The molecule has 0 aliphatic carbocycles. The van der Waals surface area contributed by atoms with Crippen molar-refractivity contribution in [3.8, 4) is 5.75 Å². The maximum atomic E-state index is 11.8. The summed E-state index contributed by atoms with van der Waals surface area (Å²) in [7, 11) is 0. The fourth-order valence-electron chi connectivity index (χ4n) is 1.59. The van der Waals surface area contributed by atoms with Crippen molar-refractivity contribution in [2.24, 2.45) is 0 Å². The van der Waals surface area contributed by atoms with Crippen LogP contribution in [0.15, 0.2) is 29.8 Å². The molecule has 0 spiro atoms. The molecule has 94 valence electrons. The Bertz CT molecular complexity index is 538. The first-order valence-electron chi connectivity index (χ1n) is 5.63. The third kappa shape index (κ3) is 3.07. The van der Waals surface area contributed by atoms with Gasteiger partial charge in [0.05, 0.1) is 10.6 Å². The SMILES string of the molecule is Cc1ccc(C(=O)NCCc2nccs2)c(O)c1. The molecule has 0 unspecified atom stereocenters. The minimum atomic E-state index is -0.260. The zero-order valence-corrected chi connectivity index (χ0v) is 10.8. The third-order valence-electron chi connectivity index (χ3n) is 2.51. The van der Waals surface area contributed by atoms with Gasteiger partial charge in [0, 0.05) is 24.5 Å². The second-order valence-corrected chi connectivity index (χ2v) is 4.93. The van der Waals surface area contributed by atoms with Crippen molar-refractivity contribution in [2.45, 2.75) is 13.3 Å². The lowest BCUT2D eigenvalue weighted by Crippen LogP contribution is -2.25. The van der Waals surface area contributed by atoms with E-state index in [-0.39, 0.29) is 11.7 Å². The van der Waals surface area contributed by atoms with Gasteiger partial charge in [-0.05, 0) is 24.6 Å². The number of phenolic OH excluding ortho intramolecular Hbond substituents is 1. The molecular weight excluding hydrogens is 248 g/mol. The van der Waals surface area contributed by atoms with Gasteiger partial charge in [0.15, 0.2) is 0 Å². The highest BCUT2D eigenvalue weighted by atomic mass is 32.1. The van der Waals surface area contributed by atoms with E-state index < -0.39 is 0 Å². The number of hydrogen-bond donors (Lipinski definition) is 2. The molecule has 2 aromatic rings. The Morgan fingerprint density at radius 3 is 3.00 bits per heavy atom. The molecule has 4 nitrogen and oxygen atoms in total. The van der Waals surface area contributed by atoms with Crippen LogP contribution in [-0.4, -0.2) is 22.5 Å². The van der Waals surface area contributed by atoms with E-state index in [1.807, 2.05) is 12.3 Å². The second-order valence-electron chi connectivity index (χ2n) is 3.95. The highest BCUT2D eigenvalue weighted by Crippen LogP contribution is 2.18. The predicted octanol–water partition coefficient (Wildman–Crippen LogP) is 2.13. The second kappa shape index (κ2) is 5.64. The van der Waals surface area contributed by atoms with Gasteiger partial charge >= 0.3 is 0 Å². The topological polar surface area (TPSA) is 62.2 Å². The van der Waals surface area contributed by atoms with Crippen molar-refractivity contribution in [3.63, 3.8) is 0 Å². The molecule has 0 aliphatic heterocycles. The van der Waals surface area contributed by atoms with Gasteiger partial charge in [0.2, 0.25) is 0 Å². The fraction of sp³-hybridized carbons (Fsp3) is 0.231. The molecule has 0 saturated carbocycles. The van der Waals surface area contributed by atoms with Gasteiger partial charge in [-0.25, -0.2) is 4.98 Å². The van der Waals surface area contributed by atoms with Crippen LogP contribution in [0.25, 0.3) is 0 Å². The summed E-state index contributed by atoms with van der Waals surface area (Å²) in [5.74, 6) is -0.245. The van der Waals surface area contributed by atoms with Crippen LogP contribution in [0, 0.1) is 6.92 Å². The molecular formula is C13H14N2O2S. The summed E-state index contributed by atoms with van der Waals surface area (Å²) in [4.78, 5) is 15.9. The van der Waals surface area contributed by atoms with Gasteiger partial charge in [0.1, 0.15) is 5.75 Å². The van der Waals surface area contributed by atoms with Crippen LogP contribution >= 0.6 is 11.3 Å². The summed E-state index contributed by atoms with van der Waals surface area (Å²) in [6, 6.07) is 5.01. The summed E-state index contributed by atoms with van der Waals surface area (Å²) >= 11 is 1.56. The van der Waals surface area contributed by atoms with Crippen molar-refractivity contribution < 1.29 is 9.90 Å². The Hall–Kier alpha value is -1.88. The van der Waals surface area contributed by atoms with Crippen molar-refractivity contribution >= 4 is 17.2 Å². The maximum absolute atomic E-state index is 11.8. The van der Waals surface area contributed by atoms with E-state index in [4.69, 9.17) is 0 Å². The van der Waals surface area contributed by atoms with E-state index in [0.717, 1.165) is 10.6 Å². The number of carbonyl (C=O) groups excluding carboxylic acids is 1. The van der Waals surface area contributed by atoms with Crippen LogP contribution in [0.1, 0.15) is 20.9 Å². The van der Waals surface area contributed by atoms with Crippen molar-refractivity contribution in [3.05, 3.63) is 45.9 Å². The summed E-state index contributed by atoms with van der Waals surface area (Å²) in [6.07, 6.45) is 2.45. The van der Waals surface area contributed by atoms with Gasteiger partial charge in [-0.2, -0.15) is 0 Å². The zero-order chi connectivity index (χ0) is 13.0. The first kappa shape index (κ1) is 12.6. The van der Waals surface area contributed by atoms with Crippen LogP contribution in [-0.2, 0) is 6.42 Å². The number of nitrogens with one attached hydrogen (secondary N) is 1. The monoisotopic (exact) mass is 262 g/mol. The average molecular weight is 262 g/mol. The number of aromatic nitrogens is 1. The van der Waals surface area contributed by atoms with Crippen LogP contribution in [0.4, 0.5) is 0 Å². The summed E-state index contributed by atoms with van der Waals surface area (Å²) in [6.45, 7) is 2.38. The Morgan fingerprint density at radius 1 is 1.50 bits per heavy atom. The molecule has 0 aliphatic rings. The number of benzene rings is 1. The van der Waals surface area contributed by atoms with Crippen molar-refractivity contribution in [1.82, 2.24) is 10.3 Å². The lowest BCUT2D eigenvalue weighted by Gasteiger charge is -2.06. The lowest BCUT2D eigenvalue weighted by molar-refractivity contribution is 0.0951. The van der Waals surface area contributed by atoms with E-state index in [9.17, 15) is 9.90 Å². The average Bonchev–Trinajstić information content (AvgIpc) is 2.81. The Kier molecular flexibility index (Phi) is 3.94. The number of thiazole rings is 1. The molecule has 0 bridgehead atoms. The minimum absolute atomic E-state index is 0.0155. The van der Waals surface area contributed by atoms with E-state index in [2.05, 4.69) is 10.3 Å². The summed E-state index contributed by atoms with van der Waals surface area (Å²) in [5, 5.41) is 15.3. The summed E-state index contributed by atoms with van der Waals surface area (Å²) < 4.78 is 0. The smallest absolute Gasteiger partial charge is 0.255 e. The Labute approximate surface area is 109 Å². The van der Waals surface area contributed by atoms with Crippen LogP contribution in [0.5, 0.6) is 5.75 Å². The largest absolute Gasteiger partial charge is 0.507 e. The predicted molar refractivity (Wildman–Crippen MR) is 71.0 cm³/mol. The van der Waals surface area contributed by atoms with E-state index in [0.29, 0.717) is 18.5 Å². The highest BCUT2D eigenvalue weighted by Gasteiger charge is 2.10. The van der Waals surface area contributed by atoms with E-state index in [1.54, 1.807) is 35.7 Å². The number of aromatic hydroxyl groups is 1. The van der Waals surface area contributed by atoms with Gasteiger partial charge in [-0.3, -0.25) is 4.79 Å².